The van der Waals surface area contributed by atoms with E-state index in [0.717, 1.165) is 13.0 Å². The Labute approximate surface area is 127 Å². The monoisotopic (exact) mass is 298 g/mol. The molecule has 0 saturated carbocycles. The van der Waals surface area contributed by atoms with Crippen LogP contribution in [-0.2, 0) is 14.2 Å². The second-order valence-electron chi connectivity index (χ2n) is 4.43. The van der Waals surface area contributed by atoms with E-state index in [-0.39, 0.29) is 6.29 Å². The van der Waals surface area contributed by atoms with Crippen molar-refractivity contribution in [3.8, 4) is 11.5 Å². The minimum Gasteiger partial charge on any atom is -0.493 e. The van der Waals surface area contributed by atoms with Gasteiger partial charge in [-0.15, -0.1) is 0 Å². The fourth-order valence-corrected chi connectivity index (χ4v) is 1.67. The molecule has 0 aliphatic heterocycles. The molecule has 1 atom stereocenters. The maximum absolute atomic E-state index is 5.67. The molecule has 1 aromatic carbocycles. The van der Waals surface area contributed by atoms with E-state index >= 15 is 0 Å². The number of ether oxygens (including phenoxy) is 5. The van der Waals surface area contributed by atoms with E-state index in [2.05, 4.69) is 6.92 Å². The predicted molar refractivity (Wildman–Crippen MR) is 81.0 cm³/mol. The van der Waals surface area contributed by atoms with Gasteiger partial charge >= 0.3 is 0 Å². The molecule has 0 saturated heterocycles. The molecule has 5 nitrogen and oxygen atoms in total. The van der Waals surface area contributed by atoms with Crippen LogP contribution in [0.5, 0.6) is 11.5 Å². The summed E-state index contributed by atoms with van der Waals surface area (Å²) < 4.78 is 27.1. The van der Waals surface area contributed by atoms with Gasteiger partial charge in [-0.25, -0.2) is 0 Å². The lowest BCUT2D eigenvalue weighted by molar-refractivity contribution is -0.0867. The first-order valence-corrected chi connectivity index (χ1v) is 7.34. The van der Waals surface area contributed by atoms with E-state index in [0.29, 0.717) is 37.9 Å². The van der Waals surface area contributed by atoms with Crippen LogP contribution in [0.3, 0.4) is 0 Å². The van der Waals surface area contributed by atoms with Gasteiger partial charge in [0.1, 0.15) is 0 Å². The van der Waals surface area contributed by atoms with Gasteiger partial charge in [0.15, 0.2) is 17.8 Å². The van der Waals surface area contributed by atoms with Gasteiger partial charge in [0, 0.05) is 6.61 Å². The summed E-state index contributed by atoms with van der Waals surface area (Å²) in [5, 5.41) is 0. The third-order valence-corrected chi connectivity index (χ3v) is 2.66. The minimum atomic E-state index is -0.360. The van der Waals surface area contributed by atoms with Crippen LogP contribution < -0.4 is 9.47 Å². The molecular weight excluding hydrogens is 272 g/mol. The zero-order valence-corrected chi connectivity index (χ0v) is 13.2. The van der Waals surface area contributed by atoms with Gasteiger partial charge in [-0.3, -0.25) is 0 Å². The quantitative estimate of drug-likeness (QED) is 0.438. The molecule has 5 heteroatoms. The van der Waals surface area contributed by atoms with Crippen LogP contribution in [-0.4, -0.2) is 46.4 Å². The summed E-state index contributed by atoms with van der Waals surface area (Å²) in [5.41, 5.74) is 0. The topological polar surface area (TPSA) is 46.2 Å². The normalized spacial score (nSPS) is 12.1. The van der Waals surface area contributed by atoms with Crippen LogP contribution in [0.4, 0.5) is 0 Å². The van der Waals surface area contributed by atoms with E-state index in [1.807, 2.05) is 31.2 Å². The van der Waals surface area contributed by atoms with Crippen LogP contribution in [0.2, 0.25) is 0 Å². The number of hydrogen-bond acceptors (Lipinski definition) is 5. The molecule has 0 aliphatic carbocycles. The molecule has 120 valence electrons. The molecule has 0 fully saturated rings. The highest BCUT2D eigenvalue weighted by atomic mass is 16.7. The summed E-state index contributed by atoms with van der Waals surface area (Å²) in [6.07, 6.45) is 0.669. The van der Waals surface area contributed by atoms with Crippen molar-refractivity contribution in [1.82, 2.24) is 0 Å². The molecule has 1 unspecified atom stereocenters. The van der Waals surface area contributed by atoms with Crippen molar-refractivity contribution in [2.45, 2.75) is 26.6 Å². The van der Waals surface area contributed by atoms with Crippen molar-refractivity contribution in [3.63, 3.8) is 0 Å². The van der Waals surface area contributed by atoms with Gasteiger partial charge in [-0.05, 0) is 25.5 Å². The minimum absolute atomic E-state index is 0.360. The highest BCUT2D eigenvalue weighted by Crippen LogP contribution is 2.26. The van der Waals surface area contributed by atoms with Crippen molar-refractivity contribution in [1.29, 1.82) is 0 Å². The number of rotatable bonds is 12. The number of benzene rings is 1. The van der Waals surface area contributed by atoms with Crippen molar-refractivity contribution in [3.05, 3.63) is 24.3 Å². The summed E-state index contributed by atoms with van der Waals surface area (Å²) in [7, 11) is 1.61. The molecule has 1 rings (SSSR count). The molecule has 0 amide bonds. The van der Waals surface area contributed by atoms with Gasteiger partial charge in [-0.1, -0.05) is 19.1 Å². The van der Waals surface area contributed by atoms with E-state index in [1.54, 1.807) is 7.11 Å². The average molecular weight is 298 g/mol. The Morgan fingerprint density at radius 1 is 0.905 bits per heavy atom. The van der Waals surface area contributed by atoms with Gasteiger partial charge in [-0.2, -0.15) is 0 Å². The fraction of sp³-hybridized carbons (Fsp3) is 0.625. The van der Waals surface area contributed by atoms with Crippen molar-refractivity contribution < 1.29 is 23.7 Å². The highest BCUT2D eigenvalue weighted by Gasteiger charge is 2.08. The summed E-state index contributed by atoms with van der Waals surface area (Å²) >= 11 is 0. The maximum Gasteiger partial charge on any atom is 0.197 e. The average Bonchev–Trinajstić information content (AvgIpc) is 2.50. The zero-order valence-electron chi connectivity index (χ0n) is 13.2. The largest absolute Gasteiger partial charge is 0.493 e. The van der Waals surface area contributed by atoms with Gasteiger partial charge in [0.2, 0.25) is 0 Å². The Morgan fingerprint density at radius 2 is 1.52 bits per heavy atom. The lowest BCUT2D eigenvalue weighted by Gasteiger charge is -2.17. The maximum atomic E-state index is 5.67. The molecule has 0 radical (unpaired) electrons. The Bertz CT molecular complexity index is 369. The van der Waals surface area contributed by atoms with Crippen molar-refractivity contribution in [2.75, 3.05) is 40.1 Å². The molecule has 0 N–H and O–H groups in total. The summed E-state index contributed by atoms with van der Waals surface area (Å²) in [5.74, 6) is 1.36. The second kappa shape index (κ2) is 11.4. The number of para-hydroxylation sites is 2. The third-order valence-electron chi connectivity index (χ3n) is 2.66. The van der Waals surface area contributed by atoms with Gasteiger partial charge < -0.3 is 23.7 Å². The van der Waals surface area contributed by atoms with Crippen LogP contribution >= 0.6 is 0 Å². The standard InChI is InChI=1S/C16H26O5/c1-4-9-18-10-11-19-12-13-20-14(2)21-16-8-6-5-7-15(16)17-3/h5-8,14H,4,9-13H2,1-3H3. The van der Waals surface area contributed by atoms with Crippen molar-refractivity contribution >= 4 is 0 Å². The van der Waals surface area contributed by atoms with E-state index < -0.39 is 0 Å². The Morgan fingerprint density at radius 3 is 2.19 bits per heavy atom. The third kappa shape index (κ3) is 7.90. The first-order chi connectivity index (χ1) is 10.3. The molecule has 0 heterocycles. The molecular formula is C16H26O5. The van der Waals surface area contributed by atoms with E-state index in [9.17, 15) is 0 Å². The smallest absolute Gasteiger partial charge is 0.197 e. The lowest BCUT2D eigenvalue weighted by atomic mass is 10.3. The molecule has 1 aromatic rings. The second-order valence-corrected chi connectivity index (χ2v) is 4.43. The number of methoxy groups -OCH3 is 1. The number of hydrogen-bond donors (Lipinski definition) is 0. The molecule has 0 aromatic heterocycles. The summed E-state index contributed by atoms with van der Waals surface area (Å²) in [6.45, 7) is 6.92. The summed E-state index contributed by atoms with van der Waals surface area (Å²) in [4.78, 5) is 0. The fourth-order valence-electron chi connectivity index (χ4n) is 1.67. The Balaban J connectivity index is 2.10. The first kappa shape index (κ1) is 17.8. The van der Waals surface area contributed by atoms with Gasteiger partial charge in [0.05, 0.1) is 33.5 Å². The highest BCUT2D eigenvalue weighted by molar-refractivity contribution is 5.39. The zero-order chi connectivity index (χ0) is 15.3. The summed E-state index contributed by atoms with van der Waals surface area (Å²) in [6, 6.07) is 7.48. The SMILES string of the molecule is CCCOCCOCCOC(C)Oc1ccccc1OC. The molecule has 0 aliphatic rings. The Kier molecular flexibility index (Phi) is 9.61. The predicted octanol–water partition coefficient (Wildman–Crippen LogP) is 2.88. The van der Waals surface area contributed by atoms with Crippen LogP contribution in [0, 0.1) is 0 Å². The molecule has 0 bridgehead atoms. The first-order valence-electron chi connectivity index (χ1n) is 7.34. The van der Waals surface area contributed by atoms with Gasteiger partial charge in [0.25, 0.3) is 0 Å². The van der Waals surface area contributed by atoms with Crippen LogP contribution in [0.15, 0.2) is 24.3 Å². The molecule has 21 heavy (non-hydrogen) atoms. The Hall–Kier alpha value is -1.30. The molecule has 0 spiro atoms. The van der Waals surface area contributed by atoms with E-state index in [4.69, 9.17) is 23.7 Å². The van der Waals surface area contributed by atoms with Crippen LogP contribution in [0.1, 0.15) is 20.3 Å². The van der Waals surface area contributed by atoms with Crippen LogP contribution in [0.25, 0.3) is 0 Å². The lowest BCUT2D eigenvalue weighted by Crippen LogP contribution is -2.20. The van der Waals surface area contributed by atoms with Crippen molar-refractivity contribution in [2.24, 2.45) is 0 Å². The van der Waals surface area contributed by atoms with E-state index in [1.165, 1.54) is 0 Å².